The van der Waals surface area contributed by atoms with E-state index >= 15 is 0 Å². The fourth-order valence-electron chi connectivity index (χ4n) is 2.06. The van der Waals surface area contributed by atoms with Crippen LogP contribution >= 0.6 is 47.0 Å². The van der Waals surface area contributed by atoms with Crippen LogP contribution in [-0.2, 0) is 4.79 Å². The maximum Gasteiger partial charge on any atom is 0.319 e. The number of nitrogens with zero attached hydrogens (tertiary/aromatic N) is 1. The third-order valence-electron chi connectivity index (χ3n) is 3.38. The first-order chi connectivity index (χ1) is 12.6. The molecule has 0 bridgehead atoms. The molecule has 1 rings (SSSR count). The molecule has 3 amide bonds. The molecule has 0 saturated heterocycles. The Morgan fingerprint density at radius 1 is 1.04 bits per heavy atom. The molecule has 0 aliphatic carbocycles. The highest BCUT2D eigenvalue weighted by molar-refractivity contribution is 7.80. The van der Waals surface area contributed by atoms with Crippen LogP contribution in [0.25, 0.3) is 0 Å². The van der Waals surface area contributed by atoms with Crippen molar-refractivity contribution in [2.45, 2.75) is 30.7 Å². The minimum atomic E-state index is -1.83. The lowest BCUT2D eigenvalue weighted by molar-refractivity contribution is -0.114. The molecule has 0 spiro atoms. The maximum atomic E-state index is 12.2. The zero-order valence-electron chi connectivity index (χ0n) is 15.1. The number of amides is 3. The van der Waals surface area contributed by atoms with E-state index in [0.29, 0.717) is 24.5 Å². The lowest BCUT2D eigenvalue weighted by Crippen LogP contribution is -2.58. The summed E-state index contributed by atoms with van der Waals surface area (Å²) >= 11 is 23.1. The number of benzene rings is 1. The largest absolute Gasteiger partial charge is 0.339 e. The van der Waals surface area contributed by atoms with E-state index < -0.39 is 9.96 Å². The standard InChI is InChI=1S/C16H22Cl3N5O2S/c1-4-24(5-2)15(26)23-13(16(17,18)19)22-14(27)21-12-8-6-11(7-9-12)20-10(3)25/h6-9,13H,4-5H2,1-3H3,(H,20,25)(H,23,26)(H2,21,22,27)/t13-/m1/s1. The molecule has 0 aromatic heterocycles. The Morgan fingerprint density at radius 3 is 1.93 bits per heavy atom. The van der Waals surface area contributed by atoms with Gasteiger partial charge >= 0.3 is 6.03 Å². The van der Waals surface area contributed by atoms with Crippen molar-refractivity contribution in [1.82, 2.24) is 15.5 Å². The van der Waals surface area contributed by atoms with E-state index in [0.717, 1.165) is 0 Å². The molecule has 150 valence electrons. The molecule has 0 heterocycles. The van der Waals surface area contributed by atoms with Crippen LogP contribution in [0.2, 0.25) is 0 Å². The Labute approximate surface area is 179 Å². The van der Waals surface area contributed by atoms with Gasteiger partial charge in [0.2, 0.25) is 9.70 Å². The molecule has 1 aromatic rings. The second-order valence-electron chi connectivity index (χ2n) is 5.45. The second kappa shape index (κ2) is 10.8. The van der Waals surface area contributed by atoms with Gasteiger partial charge in [-0.3, -0.25) is 4.79 Å². The fraction of sp³-hybridized carbons (Fsp3) is 0.438. The molecular formula is C16H22Cl3N5O2S. The van der Waals surface area contributed by atoms with Crippen LogP contribution in [0, 0.1) is 0 Å². The highest BCUT2D eigenvalue weighted by Gasteiger charge is 2.35. The Balaban J connectivity index is 2.74. The van der Waals surface area contributed by atoms with Gasteiger partial charge in [0.05, 0.1) is 0 Å². The summed E-state index contributed by atoms with van der Waals surface area (Å²) in [5.74, 6) is -0.164. The first-order valence-electron chi connectivity index (χ1n) is 8.14. The van der Waals surface area contributed by atoms with Gasteiger partial charge in [0, 0.05) is 31.4 Å². The Hall–Kier alpha value is -1.48. The van der Waals surface area contributed by atoms with Crippen LogP contribution in [0.4, 0.5) is 16.2 Å². The number of urea groups is 1. The van der Waals surface area contributed by atoms with E-state index in [-0.39, 0.29) is 17.1 Å². The number of anilines is 2. The lowest BCUT2D eigenvalue weighted by Gasteiger charge is -2.30. The third-order valence-corrected chi connectivity index (χ3v) is 4.26. The molecule has 1 aromatic carbocycles. The Bertz CT molecular complexity index is 663. The average molecular weight is 455 g/mol. The summed E-state index contributed by atoms with van der Waals surface area (Å²) < 4.78 is -1.83. The van der Waals surface area contributed by atoms with Crippen LogP contribution in [0.15, 0.2) is 24.3 Å². The number of rotatable bonds is 6. The van der Waals surface area contributed by atoms with Crippen LogP contribution in [0.5, 0.6) is 0 Å². The monoisotopic (exact) mass is 453 g/mol. The molecule has 11 heteroatoms. The molecule has 0 aliphatic rings. The average Bonchev–Trinajstić information content (AvgIpc) is 2.56. The number of carbonyl (C=O) groups is 2. The van der Waals surface area contributed by atoms with Crippen molar-refractivity contribution in [2.75, 3.05) is 23.7 Å². The van der Waals surface area contributed by atoms with E-state index in [1.54, 1.807) is 29.2 Å². The summed E-state index contributed by atoms with van der Waals surface area (Å²) in [4.78, 5) is 24.8. The smallest absolute Gasteiger partial charge is 0.319 e. The van der Waals surface area contributed by atoms with Gasteiger partial charge in [0.1, 0.15) is 0 Å². The van der Waals surface area contributed by atoms with Gasteiger partial charge in [0.15, 0.2) is 11.3 Å². The van der Waals surface area contributed by atoms with Crippen LogP contribution in [0.3, 0.4) is 0 Å². The minimum Gasteiger partial charge on any atom is -0.339 e. The van der Waals surface area contributed by atoms with E-state index in [1.807, 2.05) is 13.8 Å². The fourth-order valence-corrected chi connectivity index (χ4v) is 2.63. The minimum absolute atomic E-state index is 0.151. The van der Waals surface area contributed by atoms with Crippen molar-refractivity contribution in [3.05, 3.63) is 24.3 Å². The van der Waals surface area contributed by atoms with Crippen molar-refractivity contribution in [1.29, 1.82) is 0 Å². The molecule has 0 radical (unpaired) electrons. The summed E-state index contributed by atoms with van der Waals surface area (Å²) in [6.45, 7) is 6.14. The zero-order chi connectivity index (χ0) is 20.6. The summed E-state index contributed by atoms with van der Waals surface area (Å²) in [6, 6.07) is 6.48. The highest BCUT2D eigenvalue weighted by Crippen LogP contribution is 2.29. The van der Waals surface area contributed by atoms with Crippen LogP contribution < -0.4 is 21.3 Å². The molecule has 7 nitrogen and oxygen atoms in total. The summed E-state index contributed by atoms with van der Waals surface area (Å²) in [6.07, 6.45) is -1.05. The zero-order valence-corrected chi connectivity index (χ0v) is 18.2. The quantitative estimate of drug-likeness (QED) is 0.299. The van der Waals surface area contributed by atoms with Crippen LogP contribution in [0.1, 0.15) is 20.8 Å². The predicted molar refractivity (Wildman–Crippen MR) is 116 cm³/mol. The number of halogens is 3. The third kappa shape index (κ3) is 8.38. The number of carbonyl (C=O) groups excluding carboxylic acids is 2. The Morgan fingerprint density at radius 2 is 1.52 bits per heavy atom. The molecule has 0 fully saturated rings. The van der Waals surface area contributed by atoms with Crippen molar-refractivity contribution >= 4 is 75.4 Å². The van der Waals surface area contributed by atoms with Gasteiger partial charge in [0.25, 0.3) is 0 Å². The first kappa shape index (κ1) is 23.6. The van der Waals surface area contributed by atoms with Crippen molar-refractivity contribution in [2.24, 2.45) is 0 Å². The number of thiocarbonyl (C=S) groups is 1. The van der Waals surface area contributed by atoms with Gasteiger partial charge in [-0.1, -0.05) is 34.8 Å². The van der Waals surface area contributed by atoms with Crippen molar-refractivity contribution in [3.8, 4) is 0 Å². The molecule has 0 unspecified atom stereocenters. The van der Waals surface area contributed by atoms with Crippen molar-refractivity contribution < 1.29 is 9.59 Å². The first-order valence-corrected chi connectivity index (χ1v) is 9.68. The normalized spacial score (nSPS) is 11.9. The second-order valence-corrected chi connectivity index (χ2v) is 8.23. The van der Waals surface area contributed by atoms with Crippen LogP contribution in [-0.4, -0.2) is 45.0 Å². The summed E-state index contributed by atoms with van der Waals surface area (Å²) in [5, 5.41) is 11.1. The molecule has 0 saturated carbocycles. The topological polar surface area (TPSA) is 85.5 Å². The number of hydrogen-bond acceptors (Lipinski definition) is 3. The van der Waals surface area contributed by atoms with Gasteiger partial charge in [-0.2, -0.15) is 0 Å². The summed E-state index contributed by atoms with van der Waals surface area (Å²) in [5.41, 5.74) is 1.30. The van der Waals surface area contributed by atoms with E-state index in [1.165, 1.54) is 6.92 Å². The summed E-state index contributed by atoms with van der Waals surface area (Å²) in [7, 11) is 0. The lowest BCUT2D eigenvalue weighted by atomic mass is 10.3. The SMILES string of the molecule is CCN(CC)C(=O)N[C@@H](NC(=S)Nc1ccc(NC(C)=O)cc1)C(Cl)(Cl)Cl. The van der Waals surface area contributed by atoms with Gasteiger partial charge in [-0.15, -0.1) is 0 Å². The van der Waals surface area contributed by atoms with E-state index in [4.69, 9.17) is 47.0 Å². The molecule has 0 aliphatic heterocycles. The van der Waals surface area contributed by atoms with Gasteiger partial charge in [-0.05, 0) is 50.3 Å². The van der Waals surface area contributed by atoms with Gasteiger partial charge in [-0.25, -0.2) is 4.79 Å². The van der Waals surface area contributed by atoms with Gasteiger partial charge < -0.3 is 26.2 Å². The van der Waals surface area contributed by atoms with E-state index in [9.17, 15) is 9.59 Å². The molecule has 27 heavy (non-hydrogen) atoms. The van der Waals surface area contributed by atoms with E-state index in [2.05, 4.69) is 21.3 Å². The Kier molecular flexibility index (Phi) is 9.38. The molecule has 4 N–H and O–H groups in total. The predicted octanol–water partition coefficient (Wildman–Crippen LogP) is 3.68. The number of nitrogens with one attached hydrogen (secondary N) is 4. The molecular weight excluding hydrogens is 433 g/mol. The maximum absolute atomic E-state index is 12.2. The van der Waals surface area contributed by atoms with Crippen molar-refractivity contribution in [3.63, 3.8) is 0 Å². The number of hydrogen-bond donors (Lipinski definition) is 4. The highest BCUT2D eigenvalue weighted by atomic mass is 35.6. The molecule has 1 atom stereocenters. The number of alkyl halides is 3.